The Morgan fingerprint density at radius 2 is 1.92 bits per heavy atom. The molecule has 1 rings (SSSR count). The van der Waals surface area contributed by atoms with E-state index in [0.717, 1.165) is 45.0 Å². The van der Waals surface area contributed by atoms with E-state index in [9.17, 15) is 5.11 Å². The Labute approximate surface area is 172 Å². The van der Waals surface area contributed by atoms with Crippen LogP contribution >= 0.6 is 24.0 Å². The number of hydrogen-bond acceptors (Lipinski definition) is 3. The summed E-state index contributed by atoms with van der Waals surface area (Å²) in [6.45, 7) is 17.5. The van der Waals surface area contributed by atoms with Crippen LogP contribution in [0.4, 0.5) is 0 Å². The van der Waals surface area contributed by atoms with Crippen molar-refractivity contribution in [3.8, 4) is 0 Å². The predicted octanol–water partition coefficient (Wildman–Crippen LogP) is 2.93. The van der Waals surface area contributed by atoms with E-state index in [1.165, 1.54) is 0 Å². The summed E-state index contributed by atoms with van der Waals surface area (Å²) in [4.78, 5) is 7.35. The van der Waals surface area contributed by atoms with E-state index < -0.39 is 0 Å². The van der Waals surface area contributed by atoms with Gasteiger partial charge in [0, 0.05) is 44.9 Å². The standard InChI is InChI=1S/C19H40N4O.HI/c1-7-20-19(21-11-17(8-9-24)10-14(2)3)22-18-13-23(15(4)5)12-16(18)6;/h14-18,24H,7-13H2,1-6H3,(H2,20,21,22);1H. The van der Waals surface area contributed by atoms with Gasteiger partial charge in [-0.25, -0.2) is 0 Å². The maximum Gasteiger partial charge on any atom is 0.191 e. The highest BCUT2D eigenvalue weighted by molar-refractivity contribution is 14.0. The molecule has 0 radical (unpaired) electrons. The topological polar surface area (TPSA) is 59.9 Å². The molecule has 1 aliphatic heterocycles. The zero-order valence-corrected chi connectivity index (χ0v) is 19.4. The van der Waals surface area contributed by atoms with Crippen molar-refractivity contribution in [2.24, 2.45) is 22.7 Å². The van der Waals surface area contributed by atoms with E-state index in [2.05, 4.69) is 57.1 Å². The lowest BCUT2D eigenvalue weighted by Gasteiger charge is -2.22. The summed E-state index contributed by atoms with van der Waals surface area (Å²) in [7, 11) is 0. The molecule has 0 saturated carbocycles. The second kappa shape index (κ2) is 13.1. The minimum Gasteiger partial charge on any atom is -0.396 e. The summed E-state index contributed by atoms with van der Waals surface area (Å²) >= 11 is 0. The van der Waals surface area contributed by atoms with Crippen LogP contribution in [0.1, 0.15) is 54.4 Å². The summed E-state index contributed by atoms with van der Waals surface area (Å²) < 4.78 is 0. The molecule has 0 aromatic carbocycles. The van der Waals surface area contributed by atoms with Gasteiger partial charge in [0.25, 0.3) is 0 Å². The van der Waals surface area contributed by atoms with Gasteiger partial charge in [-0.2, -0.15) is 0 Å². The lowest BCUT2D eigenvalue weighted by molar-refractivity contribution is 0.245. The van der Waals surface area contributed by atoms with Crippen molar-refractivity contribution in [1.29, 1.82) is 0 Å². The van der Waals surface area contributed by atoms with Gasteiger partial charge in [0.15, 0.2) is 5.96 Å². The van der Waals surface area contributed by atoms with E-state index in [-0.39, 0.29) is 30.6 Å². The number of aliphatic hydroxyl groups is 1. The van der Waals surface area contributed by atoms with Crippen molar-refractivity contribution in [3.05, 3.63) is 0 Å². The molecule has 5 nitrogen and oxygen atoms in total. The molecule has 0 amide bonds. The van der Waals surface area contributed by atoms with E-state index in [0.29, 0.717) is 29.8 Å². The number of nitrogens with one attached hydrogen (secondary N) is 2. The molecule has 6 heteroatoms. The van der Waals surface area contributed by atoms with Crippen LogP contribution in [0, 0.1) is 17.8 Å². The molecule has 1 fully saturated rings. The monoisotopic (exact) mass is 468 g/mol. The molecular weight excluding hydrogens is 427 g/mol. The Bertz CT molecular complexity index is 376. The first-order valence-corrected chi connectivity index (χ1v) is 9.77. The number of hydrogen-bond donors (Lipinski definition) is 3. The normalized spacial score (nSPS) is 23.0. The molecule has 0 spiro atoms. The van der Waals surface area contributed by atoms with Crippen molar-refractivity contribution in [3.63, 3.8) is 0 Å². The van der Waals surface area contributed by atoms with Gasteiger partial charge in [0.1, 0.15) is 0 Å². The number of aliphatic imine (C=N–C) groups is 1. The van der Waals surface area contributed by atoms with Gasteiger partial charge in [-0.1, -0.05) is 20.8 Å². The summed E-state index contributed by atoms with van der Waals surface area (Å²) in [6, 6.07) is 1.05. The van der Waals surface area contributed by atoms with Gasteiger partial charge in [0.2, 0.25) is 0 Å². The first kappa shape index (κ1) is 24.9. The second-order valence-electron chi connectivity index (χ2n) is 8.00. The Kier molecular flexibility index (Phi) is 13.1. The van der Waals surface area contributed by atoms with Crippen LogP contribution in [0.15, 0.2) is 4.99 Å². The number of halogens is 1. The Hall–Kier alpha value is -0.0800. The number of rotatable bonds is 9. The van der Waals surface area contributed by atoms with E-state index >= 15 is 0 Å². The third kappa shape index (κ3) is 9.43. The molecule has 1 heterocycles. The quantitative estimate of drug-likeness (QED) is 0.277. The average molecular weight is 468 g/mol. The van der Waals surface area contributed by atoms with Gasteiger partial charge < -0.3 is 15.7 Å². The van der Waals surface area contributed by atoms with Gasteiger partial charge in [-0.05, 0) is 51.4 Å². The first-order chi connectivity index (χ1) is 11.4. The maximum atomic E-state index is 9.28. The lowest BCUT2D eigenvalue weighted by atomic mass is 9.94. The number of guanidine groups is 1. The SMILES string of the molecule is CCNC(=NCC(CCO)CC(C)C)NC1CN(C(C)C)CC1C.I. The fourth-order valence-corrected chi connectivity index (χ4v) is 3.46. The summed E-state index contributed by atoms with van der Waals surface area (Å²) in [5.41, 5.74) is 0. The van der Waals surface area contributed by atoms with Crippen LogP contribution in [0.25, 0.3) is 0 Å². The molecule has 150 valence electrons. The molecule has 3 atom stereocenters. The van der Waals surface area contributed by atoms with Gasteiger partial charge in [0.05, 0.1) is 0 Å². The van der Waals surface area contributed by atoms with Crippen LogP contribution < -0.4 is 10.6 Å². The fraction of sp³-hybridized carbons (Fsp3) is 0.947. The fourth-order valence-electron chi connectivity index (χ4n) is 3.46. The predicted molar refractivity (Wildman–Crippen MR) is 119 cm³/mol. The Morgan fingerprint density at radius 3 is 2.40 bits per heavy atom. The van der Waals surface area contributed by atoms with Crippen molar-refractivity contribution in [2.45, 2.75) is 66.5 Å². The first-order valence-electron chi connectivity index (χ1n) is 9.77. The zero-order chi connectivity index (χ0) is 18.1. The highest BCUT2D eigenvalue weighted by Crippen LogP contribution is 2.19. The van der Waals surface area contributed by atoms with Crippen LogP contribution in [-0.4, -0.2) is 60.8 Å². The van der Waals surface area contributed by atoms with E-state index in [1.807, 2.05) is 0 Å². The summed E-state index contributed by atoms with van der Waals surface area (Å²) in [5, 5.41) is 16.3. The van der Waals surface area contributed by atoms with Crippen molar-refractivity contribution < 1.29 is 5.11 Å². The smallest absolute Gasteiger partial charge is 0.191 e. The van der Waals surface area contributed by atoms with Crippen molar-refractivity contribution in [2.75, 3.05) is 32.8 Å². The maximum absolute atomic E-state index is 9.28. The molecular formula is C19H41IN4O. The second-order valence-corrected chi connectivity index (χ2v) is 8.00. The summed E-state index contributed by atoms with van der Waals surface area (Å²) in [5.74, 6) is 2.65. The minimum absolute atomic E-state index is 0. The molecule has 1 aliphatic rings. The van der Waals surface area contributed by atoms with Crippen LogP contribution in [0.5, 0.6) is 0 Å². The zero-order valence-electron chi connectivity index (χ0n) is 17.1. The van der Waals surface area contributed by atoms with Gasteiger partial charge >= 0.3 is 0 Å². The van der Waals surface area contributed by atoms with E-state index in [4.69, 9.17) is 4.99 Å². The van der Waals surface area contributed by atoms with E-state index in [1.54, 1.807) is 0 Å². The van der Waals surface area contributed by atoms with Gasteiger partial charge in [-0.15, -0.1) is 24.0 Å². The van der Waals surface area contributed by atoms with Crippen molar-refractivity contribution >= 4 is 29.9 Å². The van der Waals surface area contributed by atoms with Crippen LogP contribution in [-0.2, 0) is 0 Å². The highest BCUT2D eigenvalue weighted by atomic mass is 127. The van der Waals surface area contributed by atoms with Gasteiger partial charge in [-0.3, -0.25) is 9.89 Å². The molecule has 3 N–H and O–H groups in total. The van der Waals surface area contributed by atoms with Crippen LogP contribution in [0.2, 0.25) is 0 Å². The third-order valence-electron chi connectivity index (χ3n) is 4.89. The largest absolute Gasteiger partial charge is 0.396 e. The molecule has 0 aromatic heterocycles. The molecule has 0 aromatic rings. The molecule has 25 heavy (non-hydrogen) atoms. The molecule has 3 unspecified atom stereocenters. The molecule has 0 bridgehead atoms. The van der Waals surface area contributed by atoms with Crippen LogP contribution in [0.3, 0.4) is 0 Å². The lowest BCUT2D eigenvalue weighted by Crippen LogP contribution is -2.47. The number of aliphatic hydroxyl groups excluding tert-OH is 1. The minimum atomic E-state index is 0. The number of nitrogens with zero attached hydrogens (tertiary/aromatic N) is 2. The third-order valence-corrected chi connectivity index (χ3v) is 4.89. The summed E-state index contributed by atoms with van der Waals surface area (Å²) in [6.07, 6.45) is 1.95. The average Bonchev–Trinajstić information content (AvgIpc) is 2.86. The molecule has 0 aliphatic carbocycles. The Morgan fingerprint density at radius 1 is 1.24 bits per heavy atom. The number of likely N-dealkylation sites (tertiary alicyclic amines) is 1. The highest BCUT2D eigenvalue weighted by Gasteiger charge is 2.31. The Balaban J connectivity index is 0.00000576. The molecule has 1 saturated heterocycles. The van der Waals surface area contributed by atoms with Crippen molar-refractivity contribution in [1.82, 2.24) is 15.5 Å².